The monoisotopic (exact) mass is 278 g/mol. The maximum atomic E-state index is 13.7. The fourth-order valence-corrected chi connectivity index (χ4v) is 1.67. The van der Waals surface area contributed by atoms with E-state index in [9.17, 15) is 9.18 Å². The molecule has 0 fully saturated rings. The minimum Gasteiger partial charge on any atom is -0.324 e. The van der Waals surface area contributed by atoms with Gasteiger partial charge in [-0.2, -0.15) is 0 Å². The third-order valence-electron chi connectivity index (χ3n) is 2.67. The Morgan fingerprint density at radius 3 is 3.00 bits per heavy atom. The molecular weight excluding hydrogens is 263 g/mol. The number of nitrogens with one attached hydrogen (secondary N) is 2. The number of nitrogens with zero attached hydrogens (tertiary/aromatic N) is 4. The third kappa shape index (κ3) is 3.58. The van der Waals surface area contributed by atoms with Crippen molar-refractivity contribution >= 4 is 11.6 Å². The first-order valence-electron chi connectivity index (χ1n) is 6.18. The van der Waals surface area contributed by atoms with Gasteiger partial charge in [0.15, 0.2) is 0 Å². The summed E-state index contributed by atoms with van der Waals surface area (Å²) in [7, 11) is 1.81. The number of benzene rings is 1. The van der Waals surface area contributed by atoms with Gasteiger partial charge in [-0.3, -0.25) is 4.79 Å². The van der Waals surface area contributed by atoms with Crippen LogP contribution in [0.25, 0.3) is 5.69 Å². The predicted octanol–water partition coefficient (Wildman–Crippen LogP) is 0.739. The van der Waals surface area contributed by atoms with E-state index in [2.05, 4.69) is 26.2 Å². The van der Waals surface area contributed by atoms with Gasteiger partial charge >= 0.3 is 0 Å². The number of carbonyl (C=O) groups is 1. The van der Waals surface area contributed by atoms with E-state index in [-0.39, 0.29) is 11.6 Å². The summed E-state index contributed by atoms with van der Waals surface area (Å²) in [6.45, 7) is 0.737. The highest BCUT2D eigenvalue weighted by Crippen LogP contribution is 2.18. The first-order chi connectivity index (χ1) is 9.70. The summed E-state index contributed by atoms with van der Waals surface area (Å²) in [5.74, 6) is -0.725. The van der Waals surface area contributed by atoms with Gasteiger partial charge in [0.05, 0.1) is 11.4 Å². The second-order valence-electron chi connectivity index (χ2n) is 4.17. The number of anilines is 1. The lowest BCUT2D eigenvalue weighted by atomic mass is 10.2. The Hall–Kier alpha value is -2.35. The number of aromatic nitrogens is 4. The van der Waals surface area contributed by atoms with Crippen LogP contribution in [-0.4, -0.2) is 39.7 Å². The quantitative estimate of drug-likeness (QED) is 0.761. The number of tetrazole rings is 1. The topological polar surface area (TPSA) is 84.7 Å². The predicted molar refractivity (Wildman–Crippen MR) is 70.9 cm³/mol. The molecule has 0 aliphatic heterocycles. The summed E-state index contributed by atoms with van der Waals surface area (Å²) < 4.78 is 15.1. The number of halogens is 1. The molecule has 0 saturated heterocycles. The Morgan fingerprint density at radius 2 is 2.30 bits per heavy atom. The van der Waals surface area contributed by atoms with Crippen LogP contribution in [0.3, 0.4) is 0 Å². The molecule has 0 aliphatic rings. The van der Waals surface area contributed by atoms with E-state index in [1.54, 1.807) is 0 Å². The molecule has 106 valence electrons. The van der Waals surface area contributed by atoms with Crippen molar-refractivity contribution in [3.05, 3.63) is 30.3 Å². The average Bonchev–Trinajstić information content (AvgIpc) is 2.95. The maximum Gasteiger partial charge on any atom is 0.224 e. The van der Waals surface area contributed by atoms with Crippen molar-refractivity contribution in [1.82, 2.24) is 25.5 Å². The molecule has 1 amide bonds. The number of hydrogen-bond acceptors (Lipinski definition) is 5. The van der Waals surface area contributed by atoms with E-state index in [0.717, 1.165) is 6.54 Å². The van der Waals surface area contributed by atoms with Gasteiger partial charge in [-0.15, -0.1) is 5.10 Å². The number of rotatable bonds is 6. The highest BCUT2D eigenvalue weighted by atomic mass is 19.1. The van der Waals surface area contributed by atoms with Crippen molar-refractivity contribution in [2.24, 2.45) is 0 Å². The normalized spacial score (nSPS) is 10.5. The van der Waals surface area contributed by atoms with Gasteiger partial charge < -0.3 is 10.6 Å². The van der Waals surface area contributed by atoms with Crippen LogP contribution in [0.2, 0.25) is 0 Å². The third-order valence-corrected chi connectivity index (χ3v) is 2.67. The fourth-order valence-electron chi connectivity index (χ4n) is 1.67. The molecule has 0 saturated carbocycles. The second-order valence-corrected chi connectivity index (χ2v) is 4.17. The number of carbonyl (C=O) groups excluding carboxylic acids is 1. The molecule has 0 atom stereocenters. The molecule has 2 aromatic rings. The Labute approximate surface area is 115 Å². The molecule has 8 heteroatoms. The average molecular weight is 278 g/mol. The summed E-state index contributed by atoms with van der Waals surface area (Å²) in [5.41, 5.74) is 0.689. The van der Waals surface area contributed by atoms with Crippen LogP contribution < -0.4 is 10.6 Å². The Bertz CT molecular complexity index is 571. The molecular formula is C12H15FN6O. The standard InChI is InChI=1S/C12H15FN6O/c1-14-6-2-3-12(20)16-11-7-9(4-5-10(11)13)19-8-15-17-18-19/h4-5,7-8,14H,2-3,6H2,1H3,(H,16,20). The van der Waals surface area contributed by atoms with Crippen molar-refractivity contribution in [2.45, 2.75) is 12.8 Å². The van der Waals surface area contributed by atoms with Crippen molar-refractivity contribution in [3.8, 4) is 5.69 Å². The van der Waals surface area contributed by atoms with Crippen LogP contribution in [0.5, 0.6) is 0 Å². The molecule has 20 heavy (non-hydrogen) atoms. The van der Waals surface area contributed by atoms with Gasteiger partial charge in [-0.25, -0.2) is 9.07 Å². The summed E-state index contributed by atoms with van der Waals surface area (Å²) in [6, 6.07) is 4.28. The van der Waals surface area contributed by atoms with Crippen LogP contribution in [0.1, 0.15) is 12.8 Å². The van der Waals surface area contributed by atoms with Crippen LogP contribution >= 0.6 is 0 Å². The van der Waals surface area contributed by atoms with Gasteiger partial charge in [0.1, 0.15) is 12.1 Å². The minimum absolute atomic E-state index is 0.118. The minimum atomic E-state index is -0.496. The summed E-state index contributed by atoms with van der Waals surface area (Å²) in [5, 5.41) is 16.2. The zero-order valence-corrected chi connectivity index (χ0v) is 11.0. The first kappa shape index (κ1) is 14.1. The van der Waals surface area contributed by atoms with E-state index in [1.807, 2.05) is 7.05 Å². The number of amides is 1. The smallest absolute Gasteiger partial charge is 0.224 e. The Balaban J connectivity index is 2.07. The Kier molecular flexibility index (Phi) is 4.72. The van der Waals surface area contributed by atoms with Crippen molar-refractivity contribution in [2.75, 3.05) is 18.9 Å². The maximum absolute atomic E-state index is 13.7. The molecule has 7 nitrogen and oxygen atoms in total. The largest absolute Gasteiger partial charge is 0.324 e. The molecule has 1 heterocycles. The molecule has 0 unspecified atom stereocenters. The molecule has 0 radical (unpaired) electrons. The van der Waals surface area contributed by atoms with Crippen molar-refractivity contribution < 1.29 is 9.18 Å². The second kappa shape index (κ2) is 6.71. The lowest BCUT2D eigenvalue weighted by Gasteiger charge is -2.08. The van der Waals surface area contributed by atoms with Crippen LogP contribution in [0, 0.1) is 5.82 Å². The SMILES string of the molecule is CNCCCC(=O)Nc1cc(-n2cnnn2)ccc1F. The molecule has 0 bridgehead atoms. The van der Waals surface area contributed by atoms with E-state index < -0.39 is 5.82 Å². The first-order valence-corrected chi connectivity index (χ1v) is 6.18. The number of hydrogen-bond donors (Lipinski definition) is 2. The molecule has 0 aliphatic carbocycles. The fraction of sp³-hybridized carbons (Fsp3) is 0.333. The molecule has 0 spiro atoms. The lowest BCUT2D eigenvalue weighted by Crippen LogP contribution is -2.16. The summed E-state index contributed by atoms with van der Waals surface area (Å²) in [6.07, 6.45) is 2.41. The van der Waals surface area contributed by atoms with E-state index in [0.29, 0.717) is 18.5 Å². The summed E-state index contributed by atoms with van der Waals surface area (Å²) in [4.78, 5) is 11.7. The van der Waals surface area contributed by atoms with Gasteiger partial charge in [-0.1, -0.05) is 0 Å². The molecule has 2 rings (SSSR count). The van der Waals surface area contributed by atoms with Crippen molar-refractivity contribution in [3.63, 3.8) is 0 Å². The van der Waals surface area contributed by atoms with Crippen LogP contribution in [-0.2, 0) is 4.79 Å². The molecule has 1 aromatic heterocycles. The van der Waals surface area contributed by atoms with Gasteiger partial charge in [0.25, 0.3) is 0 Å². The zero-order chi connectivity index (χ0) is 14.4. The van der Waals surface area contributed by atoms with E-state index >= 15 is 0 Å². The van der Waals surface area contributed by atoms with Crippen LogP contribution in [0.4, 0.5) is 10.1 Å². The highest BCUT2D eigenvalue weighted by Gasteiger charge is 2.09. The Morgan fingerprint density at radius 1 is 1.45 bits per heavy atom. The lowest BCUT2D eigenvalue weighted by molar-refractivity contribution is -0.116. The van der Waals surface area contributed by atoms with Gasteiger partial charge in [0, 0.05) is 6.42 Å². The van der Waals surface area contributed by atoms with Gasteiger partial charge in [-0.05, 0) is 48.6 Å². The van der Waals surface area contributed by atoms with E-state index in [4.69, 9.17) is 0 Å². The highest BCUT2D eigenvalue weighted by molar-refractivity contribution is 5.91. The molecule has 1 aromatic carbocycles. The zero-order valence-electron chi connectivity index (χ0n) is 11.0. The van der Waals surface area contributed by atoms with E-state index in [1.165, 1.54) is 29.2 Å². The molecule has 2 N–H and O–H groups in total. The summed E-state index contributed by atoms with van der Waals surface area (Å²) >= 11 is 0. The van der Waals surface area contributed by atoms with Gasteiger partial charge in [0.2, 0.25) is 5.91 Å². The van der Waals surface area contributed by atoms with Crippen LogP contribution in [0.15, 0.2) is 24.5 Å². The van der Waals surface area contributed by atoms with Crippen molar-refractivity contribution in [1.29, 1.82) is 0 Å².